The SMILES string of the molecule is CN(C)C(=O)CC(=O)N1CCCC(N)C1.Cl. The Bertz CT molecular complexity index is 258. The third-order valence-electron chi connectivity index (χ3n) is 2.61. The third kappa shape index (κ3) is 4.37. The molecular weight excluding hydrogens is 230 g/mol. The summed E-state index contributed by atoms with van der Waals surface area (Å²) >= 11 is 0. The maximum absolute atomic E-state index is 11.7. The largest absolute Gasteiger partial charge is 0.348 e. The molecule has 1 fully saturated rings. The van der Waals surface area contributed by atoms with Crippen molar-refractivity contribution in [2.45, 2.75) is 25.3 Å². The van der Waals surface area contributed by atoms with Gasteiger partial charge in [0, 0.05) is 33.2 Å². The van der Waals surface area contributed by atoms with E-state index in [1.807, 2.05) is 0 Å². The second-order valence-corrected chi connectivity index (χ2v) is 4.21. The highest BCUT2D eigenvalue weighted by atomic mass is 35.5. The van der Waals surface area contributed by atoms with Gasteiger partial charge in [-0.2, -0.15) is 0 Å². The molecule has 1 heterocycles. The minimum Gasteiger partial charge on any atom is -0.348 e. The van der Waals surface area contributed by atoms with Crippen molar-refractivity contribution in [3.05, 3.63) is 0 Å². The first-order valence-electron chi connectivity index (χ1n) is 5.24. The van der Waals surface area contributed by atoms with E-state index in [0.29, 0.717) is 6.54 Å². The van der Waals surface area contributed by atoms with Gasteiger partial charge in [0.1, 0.15) is 6.42 Å². The molecule has 0 spiro atoms. The molecule has 0 aromatic carbocycles. The van der Waals surface area contributed by atoms with Crippen LogP contribution >= 0.6 is 12.4 Å². The Labute approximate surface area is 102 Å². The number of nitrogens with zero attached hydrogens (tertiary/aromatic N) is 2. The van der Waals surface area contributed by atoms with Gasteiger partial charge in [-0.1, -0.05) is 0 Å². The van der Waals surface area contributed by atoms with Crippen LogP contribution in [0.4, 0.5) is 0 Å². The highest BCUT2D eigenvalue weighted by molar-refractivity contribution is 5.96. The fourth-order valence-corrected chi connectivity index (χ4v) is 1.64. The van der Waals surface area contributed by atoms with Crippen LogP contribution in [0, 0.1) is 0 Å². The summed E-state index contributed by atoms with van der Waals surface area (Å²) in [4.78, 5) is 26.1. The van der Waals surface area contributed by atoms with Gasteiger partial charge in [0.05, 0.1) is 0 Å². The molecular formula is C10H20ClN3O2. The molecule has 5 nitrogen and oxygen atoms in total. The first kappa shape index (κ1) is 15.2. The number of piperidine rings is 1. The lowest BCUT2D eigenvalue weighted by Crippen LogP contribution is -2.46. The lowest BCUT2D eigenvalue weighted by molar-refractivity contribution is -0.140. The Balaban J connectivity index is 0.00000225. The average molecular weight is 250 g/mol. The fraction of sp³-hybridized carbons (Fsp3) is 0.800. The van der Waals surface area contributed by atoms with Crippen molar-refractivity contribution in [1.82, 2.24) is 9.80 Å². The summed E-state index contributed by atoms with van der Waals surface area (Å²) in [5.41, 5.74) is 5.76. The van der Waals surface area contributed by atoms with E-state index in [4.69, 9.17) is 5.73 Å². The highest BCUT2D eigenvalue weighted by Crippen LogP contribution is 2.09. The van der Waals surface area contributed by atoms with E-state index in [1.54, 1.807) is 19.0 Å². The van der Waals surface area contributed by atoms with Gasteiger partial charge in [-0.05, 0) is 12.8 Å². The normalized spacial score (nSPS) is 19.9. The van der Waals surface area contributed by atoms with Crippen molar-refractivity contribution in [3.8, 4) is 0 Å². The van der Waals surface area contributed by atoms with Crippen LogP contribution in [0.1, 0.15) is 19.3 Å². The van der Waals surface area contributed by atoms with E-state index >= 15 is 0 Å². The molecule has 2 amide bonds. The van der Waals surface area contributed by atoms with Crippen LogP contribution < -0.4 is 5.73 Å². The molecule has 1 unspecified atom stereocenters. The van der Waals surface area contributed by atoms with Gasteiger partial charge in [-0.25, -0.2) is 0 Å². The number of hydrogen-bond donors (Lipinski definition) is 1. The van der Waals surface area contributed by atoms with Gasteiger partial charge >= 0.3 is 0 Å². The lowest BCUT2D eigenvalue weighted by atomic mass is 10.1. The summed E-state index contributed by atoms with van der Waals surface area (Å²) in [5, 5.41) is 0. The molecule has 1 saturated heterocycles. The second kappa shape index (κ2) is 6.70. The van der Waals surface area contributed by atoms with Crippen LogP contribution in [0.25, 0.3) is 0 Å². The Morgan fingerprint density at radius 3 is 2.56 bits per heavy atom. The molecule has 0 aromatic rings. The molecule has 0 aromatic heterocycles. The minimum atomic E-state index is -0.154. The van der Waals surface area contributed by atoms with Crippen LogP contribution in [0.3, 0.4) is 0 Å². The number of rotatable bonds is 2. The molecule has 0 bridgehead atoms. The number of hydrogen-bond acceptors (Lipinski definition) is 3. The first-order valence-corrected chi connectivity index (χ1v) is 5.24. The Kier molecular flexibility index (Phi) is 6.36. The molecule has 16 heavy (non-hydrogen) atoms. The van der Waals surface area contributed by atoms with E-state index in [0.717, 1.165) is 19.4 Å². The van der Waals surface area contributed by atoms with E-state index in [2.05, 4.69) is 0 Å². The molecule has 94 valence electrons. The van der Waals surface area contributed by atoms with Crippen molar-refractivity contribution >= 4 is 24.2 Å². The zero-order valence-electron chi connectivity index (χ0n) is 9.81. The van der Waals surface area contributed by atoms with E-state index in [1.165, 1.54) is 4.90 Å². The first-order chi connectivity index (χ1) is 7.00. The Hall–Kier alpha value is -0.810. The fourth-order valence-electron chi connectivity index (χ4n) is 1.64. The summed E-state index contributed by atoms with van der Waals surface area (Å²) in [7, 11) is 3.30. The summed E-state index contributed by atoms with van der Waals surface area (Å²) in [5.74, 6) is -0.261. The lowest BCUT2D eigenvalue weighted by Gasteiger charge is -2.30. The van der Waals surface area contributed by atoms with Gasteiger partial charge in [0.15, 0.2) is 0 Å². The minimum absolute atomic E-state index is 0. The Morgan fingerprint density at radius 2 is 2.06 bits per heavy atom. The van der Waals surface area contributed by atoms with E-state index < -0.39 is 0 Å². The van der Waals surface area contributed by atoms with Gasteiger partial charge in [-0.15, -0.1) is 12.4 Å². The van der Waals surface area contributed by atoms with Crippen LogP contribution in [0.2, 0.25) is 0 Å². The quantitative estimate of drug-likeness (QED) is 0.692. The van der Waals surface area contributed by atoms with Gasteiger partial charge in [0.2, 0.25) is 11.8 Å². The van der Waals surface area contributed by atoms with Crippen molar-refractivity contribution < 1.29 is 9.59 Å². The zero-order valence-corrected chi connectivity index (χ0v) is 10.6. The second-order valence-electron chi connectivity index (χ2n) is 4.21. The third-order valence-corrected chi connectivity index (χ3v) is 2.61. The smallest absolute Gasteiger partial charge is 0.232 e. The van der Waals surface area contributed by atoms with Crippen LogP contribution in [-0.4, -0.2) is 54.8 Å². The number of halogens is 1. The molecule has 0 radical (unpaired) electrons. The molecule has 0 saturated carbocycles. The van der Waals surface area contributed by atoms with Gasteiger partial charge < -0.3 is 15.5 Å². The maximum Gasteiger partial charge on any atom is 0.232 e. The maximum atomic E-state index is 11.7. The zero-order chi connectivity index (χ0) is 11.4. The van der Waals surface area contributed by atoms with E-state index in [9.17, 15) is 9.59 Å². The number of amides is 2. The number of carbonyl (C=O) groups is 2. The van der Waals surface area contributed by atoms with Gasteiger partial charge in [0.25, 0.3) is 0 Å². The summed E-state index contributed by atoms with van der Waals surface area (Å²) in [6, 6.07) is 0.0668. The monoisotopic (exact) mass is 249 g/mol. The van der Waals surface area contributed by atoms with Crippen LogP contribution in [-0.2, 0) is 9.59 Å². The average Bonchev–Trinajstić information content (AvgIpc) is 2.17. The van der Waals surface area contributed by atoms with Crippen molar-refractivity contribution in [3.63, 3.8) is 0 Å². The standard InChI is InChI=1S/C10H19N3O2.ClH/c1-12(2)9(14)6-10(15)13-5-3-4-8(11)7-13;/h8H,3-7,11H2,1-2H3;1H. The van der Waals surface area contributed by atoms with Crippen molar-refractivity contribution in [2.75, 3.05) is 27.2 Å². The molecule has 6 heteroatoms. The molecule has 1 aliphatic rings. The topological polar surface area (TPSA) is 66.6 Å². The molecule has 0 aliphatic carbocycles. The summed E-state index contributed by atoms with van der Waals surface area (Å²) in [6.45, 7) is 1.31. The van der Waals surface area contributed by atoms with E-state index in [-0.39, 0.29) is 36.7 Å². The molecule has 1 rings (SSSR count). The Morgan fingerprint density at radius 1 is 1.44 bits per heavy atom. The van der Waals surface area contributed by atoms with Crippen molar-refractivity contribution in [2.24, 2.45) is 5.73 Å². The molecule has 2 N–H and O–H groups in total. The predicted molar refractivity (Wildman–Crippen MR) is 64.3 cm³/mol. The van der Waals surface area contributed by atoms with Crippen LogP contribution in [0.5, 0.6) is 0 Å². The van der Waals surface area contributed by atoms with Crippen molar-refractivity contribution in [1.29, 1.82) is 0 Å². The van der Waals surface area contributed by atoms with Gasteiger partial charge in [-0.3, -0.25) is 9.59 Å². The predicted octanol–water partition coefficient (Wildman–Crippen LogP) is -0.164. The number of carbonyl (C=O) groups excluding carboxylic acids is 2. The summed E-state index contributed by atoms with van der Waals surface area (Å²) < 4.78 is 0. The highest BCUT2D eigenvalue weighted by Gasteiger charge is 2.23. The van der Waals surface area contributed by atoms with Crippen LogP contribution in [0.15, 0.2) is 0 Å². The number of nitrogens with two attached hydrogens (primary N) is 1. The molecule has 1 atom stereocenters. The summed E-state index contributed by atoms with van der Waals surface area (Å²) in [6.07, 6.45) is 1.86. The molecule has 1 aliphatic heterocycles. The number of likely N-dealkylation sites (tertiary alicyclic amines) is 1.